The number of anilines is 3. The molecule has 0 radical (unpaired) electrons. The molecule has 58 heavy (non-hydrogen) atoms. The Hall–Kier alpha value is -7.82. The van der Waals surface area contributed by atoms with Gasteiger partial charge in [-0.25, -0.2) is 0 Å². The largest absolute Gasteiger partial charge is 0.456 e. The van der Waals surface area contributed by atoms with Crippen LogP contribution in [0.25, 0.3) is 98.8 Å². The van der Waals surface area contributed by atoms with Crippen LogP contribution in [0.4, 0.5) is 17.1 Å². The molecule has 4 heteroatoms. The highest BCUT2D eigenvalue weighted by Crippen LogP contribution is 2.46. The van der Waals surface area contributed by atoms with Crippen LogP contribution in [-0.4, -0.2) is 8.80 Å². The lowest BCUT2D eigenvalue weighted by molar-refractivity contribution is 0.669. The summed E-state index contributed by atoms with van der Waals surface area (Å²) in [7, 11) is 0. The number of furan rings is 1. The van der Waals surface area contributed by atoms with Crippen LogP contribution in [0.3, 0.4) is 0 Å². The molecule has 4 nitrogen and oxygen atoms in total. The molecule has 0 saturated carbocycles. The topological polar surface area (TPSA) is 25.2 Å². The van der Waals surface area contributed by atoms with E-state index in [1.165, 1.54) is 54.7 Å². The molecule has 0 aliphatic rings. The van der Waals surface area contributed by atoms with Crippen LogP contribution in [0.15, 0.2) is 205 Å². The Morgan fingerprint density at radius 1 is 0.293 bits per heavy atom. The summed E-state index contributed by atoms with van der Waals surface area (Å²) in [6.07, 6.45) is 0. The maximum absolute atomic E-state index is 6.35. The van der Waals surface area contributed by atoms with Gasteiger partial charge in [0.1, 0.15) is 11.2 Å². The first-order valence-corrected chi connectivity index (χ1v) is 19.8. The van der Waals surface area contributed by atoms with Crippen molar-refractivity contribution in [3.8, 4) is 22.3 Å². The van der Waals surface area contributed by atoms with Crippen LogP contribution in [0.5, 0.6) is 0 Å². The maximum Gasteiger partial charge on any atom is 0.135 e. The summed E-state index contributed by atoms with van der Waals surface area (Å²) in [6, 6.07) is 72.6. The fourth-order valence-corrected chi connectivity index (χ4v) is 9.66. The lowest BCUT2D eigenvalue weighted by Gasteiger charge is -2.27. The molecule has 0 unspecified atom stereocenters. The van der Waals surface area contributed by atoms with Crippen molar-refractivity contribution in [2.75, 3.05) is 4.90 Å². The standard InChI is InChI=1S/C54H33N3O/c1-3-13-34(14-4-1)36-29-37(35-15-5-2-6-16-35)31-40(30-36)55(38-24-28-52-46(32-38)43-19-9-12-22-51(43)58-52)39-23-27-49-50(33-39)57-48-21-11-8-18-42(48)45-26-25-44-41-17-7-10-20-47(41)56(49)53(44)54(45)57/h1-33H. The molecule has 0 saturated heterocycles. The van der Waals surface area contributed by atoms with E-state index in [2.05, 4.69) is 202 Å². The molecular formula is C54H33N3O. The lowest BCUT2D eigenvalue weighted by atomic mass is 9.97. The fraction of sp³-hybridized carbons (Fsp3) is 0. The minimum absolute atomic E-state index is 0.875. The number of benzene rings is 9. The Kier molecular flexibility index (Phi) is 6.41. The zero-order valence-corrected chi connectivity index (χ0v) is 31.3. The van der Waals surface area contributed by atoms with Gasteiger partial charge < -0.3 is 18.1 Å². The van der Waals surface area contributed by atoms with E-state index in [0.29, 0.717) is 0 Å². The monoisotopic (exact) mass is 739 g/mol. The van der Waals surface area contributed by atoms with Crippen LogP contribution in [0, 0.1) is 0 Å². The highest BCUT2D eigenvalue weighted by atomic mass is 16.3. The van der Waals surface area contributed by atoms with E-state index in [9.17, 15) is 0 Å². The average molecular weight is 740 g/mol. The molecule has 0 aliphatic carbocycles. The second-order valence-corrected chi connectivity index (χ2v) is 15.4. The van der Waals surface area contributed by atoms with Gasteiger partial charge in [0.15, 0.2) is 0 Å². The predicted octanol–water partition coefficient (Wildman–Crippen LogP) is 14.9. The predicted molar refractivity (Wildman–Crippen MR) is 242 cm³/mol. The number of para-hydroxylation sites is 3. The van der Waals surface area contributed by atoms with Gasteiger partial charge in [0, 0.05) is 49.4 Å². The molecule has 13 rings (SSSR count). The van der Waals surface area contributed by atoms with E-state index in [1.54, 1.807) is 0 Å². The molecule has 4 heterocycles. The van der Waals surface area contributed by atoms with Gasteiger partial charge >= 0.3 is 0 Å². The quantitative estimate of drug-likeness (QED) is 0.164. The molecule has 270 valence electrons. The van der Waals surface area contributed by atoms with Crippen molar-refractivity contribution in [1.29, 1.82) is 0 Å². The molecule has 0 amide bonds. The highest BCUT2D eigenvalue weighted by Gasteiger charge is 2.24. The Morgan fingerprint density at radius 2 is 0.810 bits per heavy atom. The Labute approximate surface area is 333 Å². The van der Waals surface area contributed by atoms with Gasteiger partial charge in [-0.2, -0.15) is 0 Å². The fourth-order valence-electron chi connectivity index (χ4n) is 9.66. The first kappa shape index (κ1) is 31.4. The maximum atomic E-state index is 6.35. The summed E-state index contributed by atoms with van der Waals surface area (Å²) in [5.41, 5.74) is 16.8. The van der Waals surface area contributed by atoms with Crippen molar-refractivity contribution in [3.63, 3.8) is 0 Å². The summed E-state index contributed by atoms with van der Waals surface area (Å²) in [5.74, 6) is 0. The van der Waals surface area contributed by atoms with Gasteiger partial charge in [0.2, 0.25) is 0 Å². The van der Waals surface area contributed by atoms with Crippen LogP contribution < -0.4 is 4.90 Å². The van der Waals surface area contributed by atoms with Crippen LogP contribution in [0.1, 0.15) is 0 Å². The Bertz CT molecular complexity index is 3680. The van der Waals surface area contributed by atoms with Gasteiger partial charge in [0.25, 0.3) is 0 Å². The van der Waals surface area contributed by atoms with Gasteiger partial charge in [-0.1, -0.05) is 127 Å². The smallest absolute Gasteiger partial charge is 0.135 e. The summed E-state index contributed by atoms with van der Waals surface area (Å²) in [5, 5.41) is 7.25. The van der Waals surface area contributed by atoms with Crippen molar-refractivity contribution >= 4 is 93.6 Å². The third-order valence-electron chi connectivity index (χ3n) is 12.2. The van der Waals surface area contributed by atoms with Crippen LogP contribution in [-0.2, 0) is 0 Å². The minimum atomic E-state index is 0.875. The molecular weight excluding hydrogens is 707 g/mol. The lowest BCUT2D eigenvalue weighted by Crippen LogP contribution is -2.11. The second kappa shape index (κ2) is 11.8. The summed E-state index contributed by atoms with van der Waals surface area (Å²) in [6.45, 7) is 0. The number of fused-ring (bicyclic) bond motifs is 12. The molecule has 0 aliphatic heterocycles. The molecule has 0 N–H and O–H groups in total. The SMILES string of the molecule is c1ccc(-c2cc(-c3ccccc3)cc(N(c3ccc4oc5ccccc5c4c3)c3ccc4c(c3)n3c5ccccc5c5ccc6c7ccccc7n4c6c53)c2)cc1. The van der Waals surface area contributed by atoms with Gasteiger partial charge in [0.05, 0.1) is 33.1 Å². The van der Waals surface area contributed by atoms with E-state index < -0.39 is 0 Å². The van der Waals surface area contributed by atoms with E-state index in [4.69, 9.17) is 4.42 Å². The van der Waals surface area contributed by atoms with Crippen molar-refractivity contribution in [1.82, 2.24) is 8.80 Å². The van der Waals surface area contributed by atoms with Gasteiger partial charge in [-0.15, -0.1) is 0 Å². The number of hydrogen-bond donors (Lipinski definition) is 0. The molecule has 13 aromatic rings. The third kappa shape index (κ3) is 4.40. The van der Waals surface area contributed by atoms with Gasteiger partial charge in [-0.3, -0.25) is 0 Å². The summed E-state index contributed by atoms with van der Waals surface area (Å²) in [4.78, 5) is 2.42. The number of nitrogens with zero attached hydrogens (tertiary/aromatic N) is 3. The molecule has 0 spiro atoms. The van der Waals surface area contributed by atoms with Crippen molar-refractivity contribution in [2.24, 2.45) is 0 Å². The van der Waals surface area contributed by atoms with Gasteiger partial charge in [-0.05, 0) is 95.1 Å². The second-order valence-electron chi connectivity index (χ2n) is 15.4. The summed E-state index contributed by atoms with van der Waals surface area (Å²) < 4.78 is 11.3. The zero-order chi connectivity index (χ0) is 37.9. The van der Waals surface area contributed by atoms with E-state index in [1.807, 2.05) is 12.1 Å². The third-order valence-corrected chi connectivity index (χ3v) is 12.2. The average Bonchev–Trinajstić information content (AvgIpc) is 3.95. The molecule has 4 aromatic heterocycles. The van der Waals surface area contributed by atoms with Crippen LogP contribution >= 0.6 is 0 Å². The Morgan fingerprint density at radius 3 is 1.47 bits per heavy atom. The minimum Gasteiger partial charge on any atom is -0.456 e. The first-order valence-electron chi connectivity index (χ1n) is 19.8. The van der Waals surface area contributed by atoms with Crippen molar-refractivity contribution in [2.45, 2.75) is 0 Å². The van der Waals surface area contributed by atoms with E-state index >= 15 is 0 Å². The Balaban J connectivity index is 1.16. The highest BCUT2D eigenvalue weighted by molar-refractivity contribution is 6.25. The molecule has 0 atom stereocenters. The van der Waals surface area contributed by atoms with Crippen LogP contribution in [0.2, 0.25) is 0 Å². The van der Waals surface area contributed by atoms with Crippen molar-refractivity contribution < 1.29 is 4.42 Å². The summed E-state index contributed by atoms with van der Waals surface area (Å²) >= 11 is 0. The van der Waals surface area contributed by atoms with E-state index in [-0.39, 0.29) is 0 Å². The van der Waals surface area contributed by atoms with Crippen molar-refractivity contribution in [3.05, 3.63) is 200 Å². The normalized spacial score (nSPS) is 12.1. The molecule has 0 bridgehead atoms. The zero-order valence-electron chi connectivity index (χ0n) is 31.3. The molecule has 0 fully saturated rings. The first-order chi connectivity index (χ1) is 28.8. The number of hydrogen-bond acceptors (Lipinski definition) is 2. The number of rotatable bonds is 5. The molecule has 9 aromatic carbocycles. The van der Waals surface area contributed by atoms with E-state index in [0.717, 1.165) is 61.2 Å². The number of aromatic nitrogens is 2.